The molecule has 92 heavy (non-hydrogen) atoms. The van der Waals surface area contributed by atoms with Gasteiger partial charge in [0.1, 0.15) is 0 Å². The molecule has 0 saturated heterocycles. The zero-order valence-corrected chi connectivity index (χ0v) is 53.4. The third kappa shape index (κ3) is 9.43. The van der Waals surface area contributed by atoms with Gasteiger partial charge >= 0.3 is 0 Å². The monoisotopic (exact) mass is 1210 g/mol. The Labute approximate surface area is 545 Å². The third-order valence-electron chi connectivity index (χ3n) is 19.5. The molecule has 2 heterocycles. The normalized spacial score (nSPS) is 13.2. The molecule has 2 aliphatic carbocycles. The molecule has 0 atom stereocenters. The van der Waals surface area contributed by atoms with Gasteiger partial charge in [-0.05, 0) is 204 Å². The van der Waals surface area contributed by atoms with Gasteiger partial charge in [-0.15, -0.1) is 22.7 Å². The van der Waals surface area contributed by atoms with Gasteiger partial charge in [-0.25, -0.2) is 0 Å². The van der Waals surface area contributed by atoms with E-state index in [0.29, 0.717) is 0 Å². The van der Waals surface area contributed by atoms with Gasteiger partial charge in [0.25, 0.3) is 0 Å². The summed E-state index contributed by atoms with van der Waals surface area (Å²) >= 11 is 3.80. The van der Waals surface area contributed by atoms with Gasteiger partial charge in [-0.2, -0.15) is 0 Å². The van der Waals surface area contributed by atoms with Crippen LogP contribution in [0.4, 0.5) is 34.1 Å². The molecule has 18 rings (SSSR count). The summed E-state index contributed by atoms with van der Waals surface area (Å²) in [6.07, 6.45) is 0. The number of rotatable bonds is 9. The molecule has 2 aromatic heterocycles. The van der Waals surface area contributed by atoms with E-state index in [0.717, 1.165) is 28.4 Å². The minimum atomic E-state index is -0.120. The van der Waals surface area contributed by atoms with Crippen LogP contribution in [0.2, 0.25) is 0 Å². The Balaban J connectivity index is 0.000000141. The maximum absolute atomic E-state index is 2.46. The number of anilines is 6. The lowest BCUT2D eigenvalue weighted by atomic mass is 9.82. The molecule has 0 unspecified atom stereocenters. The summed E-state index contributed by atoms with van der Waals surface area (Å²) in [7, 11) is 0. The molecule has 0 radical (unpaired) electrons. The van der Waals surface area contributed by atoms with E-state index in [-0.39, 0.29) is 10.8 Å². The summed E-state index contributed by atoms with van der Waals surface area (Å²) in [6.45, 7) is 9.53. The quantitative estimate of drug-likeness (QED) is 0.142. The van der Waals surface area contributed by atoms with Crippen molar-refractivity contribution in [2.24, 2.45) is 0 Å². The smallest absolute Gasteiger partial charge is 0.0465 e. The lowest BCUT2D eigenvalue weighted by Crippen LogP contribution is -2.16. The van der Waals surface area contributed by atoms with Crippen molar-refractivity contribution >= 4 is 108 Å². The third-order valence-corrected chi connectivity index (χ3v) is 21.8. The molecule has 16 aromatic rings. The van der Waals surface area contributed by atoms with Crippen LogP contribution in [0, 0.1) is 0 Å². The fourth-order valence-electron chi connectivity index (χ4n) is 14.7. The predicted octanol–water partition coefficient (Wildman–Crippen LogP) is 25.8. The molecular weight excluding hydrogens is 1150 g/mol. The van der Waals surface area contributed by atoms with Gasteiger partial charge in [-0.1, -0.05) is 228 Å². The SMILES string of the molecule is CC1(C)c2cc(N(c3ccc(-c4ccccc4)cc3)c3ccc(-c4ccccc4)cc3)ccc2-c2cc3c(cc21)sc1ccccc13.CC1(C)c2cc(N(c3ccccc3)c3ccc(-c4ccc5ccccc5c4)cc3)ccc2-c2cc3c(cc21)sc1ccccc13. The van der Waals surface area contributed by atoms with E-state index in [1.807, 2.05) is 22.7 Å². The Morgan fingerprint density at radius 3 is 1.01 bits per heavy atom. The van der Waals surface area contributed by atoms with Crippen molar-refractivity contribution in [3.8, 4) is 55.6 Å². The lowest BCUT2D eigenvalue weighted by Gasteiger charge is -2.28. The first-order valence-electron chi connectivity index (χ1n) is 31.9. The standard InChI is InChI=1S/C45H33NS.C43H31NS/c1-45(2)41-27-36(25-26-37(41)39-28-40-38-15-9-10-16-43(38)47-44(40)29-42(39)45)46(34-21-17-32(18-22-34)30-11-5-3-6-12-30)35-23-19-33(20-24-35)31-13-7-4-8-14-31;1-43(2)39-25-34(22-23-35(39)37-26-38-36-14-8-9-15-41(36)45-42(38)27-40(37)43)44(32-12-4-3-5-13-32)33-20-18-29(19-21-33)31-17-16-28-10-6-7-11-30(28)24-31/h3-29H,1-2H3;3-27H,1-2H3. The summed E-state index contributed by atoms with van der Waals surface area (Å²) < 4.78 is 5.44. The van der Waals surface area contributed by atoms with Gasteiger partial charge in [0.15, 0.2) is 0 Å². The predicted molar refractivity (Wildman–Crippen MR) is 397 cm³/mol. The van der Waals surface area contributed by atoms with Crippen LogP contribution in [0.1, 0.15) is 49.9 Å². The van der Waals surface area contributed by atoms with Gasteiger partial charge in [0.2, 0.25) is 0 Å². The summed E-state index contributed by atoms with van der Waals surface area (Å²) in [5, 5.41) is 7.95. The first kappa shape index (κ1) is 55.4. The maximum atomic E-state index is 2.46. The number of hydrogen-bond donors (Lipinski definition) is 0. The van der Waals surface area contributed by atoms with Crippen LogP contribution in [0.3, 0.4) is 0 Å². The average Bonchev–Trinajstić information content (AvgIpc) is 1.57. The first-order chi connectivity index (χ1) is 45.1. The van der Waals surface area contributed by atoms with E-state index in [1.165, 1.54) is 135 Å². The minimum absolute atomic E-state index is 0.104. The molecule has 0 amide bonds. The zero-order valence-electron chi connectivity index (χ0n) is 51.7. The highest BCUT2D eigenvalue weighted by Crippen LogP contribution is 2.55. The fourth-order valence-corrected chi connectivity index (χ4v) is 16.9. The molecule has 438 valence electrons. The van der Waals surface area contributed by atoms with E-state index in [1.54, 1.807) is 0 Å². The van der Waals surface area contributed by atoms with Gasteiger partial charge in [0, 0.05) is 85.3 Å². The van der Waals surface area contributed by atoms with Crippen LogP contribution < -0.4 is 9.80 Å². The van der Waals surface area contributed by atoms with Crippen molar-refractivity contribution < 1.29 is 0 Å². The topological polar surface area (TPSA) is 6.48 Å². The summed E-state index contributed by atoms with van der Waals surface area (Å²) in [4.78, 5) is 4.78. The molecule has 14 aromatic carbocycles. The van der Waals surface area contributed by atoms with Gasteiger partial charge in [-0.3, -0.25) is 0 Å². The second-order valence-corrected chi connectivity index (χ2v) is 27.8. The number of nitrogens with zero attached hydrogens (tertiary/aromatic N) is 2. The average molecular weight is 1210 g/mol. The molecular formula is C88H64N2S2. The number of benzene rings is 14. The number of hydrogen-bond acceptors (Lipinski definition) is 4. The van der Waals surface area contributed by atoms with E-state index in [4.69, 9.17) is 0 Å². The van der Waals surface area contributed by atoms with Crippen LogP contribution in [0.25, 0.3) is 107 Å². The molecule has 0 fully saturated rings. The van der Waals surface area contributed by atoms with Crippen LogP contribution in [-0.2, 0) is 10.8 Å². The van der Waals surface area contributed by atoms with Gasteiger partial charge < -0.3 is 9.80 Å². The van der Waals surface area contributed by atoms with Crippen molar-refractivity contribution in [1.29, 1.82) is 0 Å². The lowest BCUT2D eigenvalue weighted by molar-refractivity contribution is 0.661. The second-order valence-electron chi connectivity index (χ2n) is 25.6. The molecule has 2 nitrogen and oxygen atoms in total. The fraction of sp³-hybridized carbons (Fsp3) is 0.0682. The molecule has 0 saturated carbocycles. The van der Waals surface area contributed by atoms with Gasteiger partial charge in [0.05, 0.1) is 0 Å². The zero-order chi connectivity index (χ0) is 61.7. The van der Waals surface area contributed by atoms with Crippen molar-refractivity contribution in [3.05, 3.63) is 338 Å². The Hall–Kier alpha value is -10.6. The first-order valence-corrected chi connectivity index (χ1v) is 33.5. The molecule has 0 N–H and O–H groups in total. The van der Waals surface area contributed by atoms with Crippen LogP contribution in [-0.4, -0.2) is 0 Å². The Morgan fingerprint density at radius 2 is 0.554 bits per heavy atom. The molecule has 4 heteroatoms. The highest BCUT2D eigenvalue weighted by molar-refractivity contribution is 7.26. The van der Waals surface area contributed by atoms with E-state index in [9.17, 15) is 0 Å². The largest absolute Gasteiger partial charge is 0.310 e. The van der Waals surface area contributed by atoms with Crippen LogP contribution in [0.5, 0.6) is 0 Å². The van der Waals surface area contributed by atoms with Crippen molar-refractivity contribution in [2.45, 2.75) is 38.5 Å². The molecule has 0 aliphatic heterocycles. The number of fused-ring (bicyclic) bond motifs is 13. The Morgan fingerprint density at radius 1 is 0.217 bits per heavy atom. The minimum Gasteiger partial charge on any atom is -0.310 e. The summed E-state index contributed by atoms with van der Waals surface area (Å²) in [6, 6.07) is 116. The van der Waals surface area contributed by atoms with Crippen molar-refractivity contribution in [3.63, 3.8) is 0 Å². The highest BCUT2D eigenvalue weighted by atomic mass is 32.1. The van der Waals surface area contributed by atoms with Crippen LogP contribution in [0.15, 0.2) is 315 Å². The Bertz CT molecular complexity index is 5410. The van der Waals surface area contributed by atoms with E-state index < -0.39 is 0 Å². The van der Waals surface area contributed by atoms with E-state index >= 15 is 0 Å². The van der Waals surface area contributed by atoms with Crippen molar-refractivity contribution in [1.82, 2.24) is 0 Å². The number of para-hydroxylation sites is 1. The van der Waals surface area contributed by atoms with Crippen LogP contribution >= 0.6 is 22.7 Å². The molecule has 2 aliphatic rings. The summed E-state index contributed by atoms with van der Waals surface area (Å²) in [5.74, 6) is 0. The maximum Gasteiger partial charge on any atom is 0.0465 e. The Kier molecular flexibility index (Phi) is 13.3. The molecule has 0 spiro atoms. The number of thiophene rings is 2. The van der Waals surface area contributed by atoms with E-state index in [2.05, 4.69) is 353 Å². The second kappa shape index (κ2) is 22.1. The summed E-state index contributed by atoms with van der Waals surface area (Å²) in [5.41, 5.74) is 25.0. The van der Waals surface area contributed by atoms with Crippen molar-refractivity contribution in [2.75, 3.05) is 9.80 Å². The molecule has 0 bridgehead atoms. The highest BCUT2D eigenvalue weighted by Gasteiger charge is 2.38.